The van der Waals surface area contributed by atoms with Gasteiger partial charge in [0, 0.05) is 24.7 Å². The summed E-state index contributed by atoms with van der Waals surface area (Å²) in [4.78, 5) is 31.9. The Hall–Kier alpha value is -3.22. The molecular weight excluding hydrogens is 402 g/mol. The summed E-state index contributed by atoms with van der Waals surface area (Å²) in [6, 6.07) is 9.25. The summed E-state index contributed by atoms with van der Waals surface area (Å²) in [6.07, 6.45) is 1.79. The van der Waals surface area contributed by atoms with Crippen LogP contribution in [-0.4, -0.2) is 39.8 Å². The van der Waals surface area contributed by atoms with Crippen molar-refractivity contribution in [3.63, 3.8) is 0 Å². The minimum atomic E-state index is -1.07. The Labute approximate surface area is 176 Å². The summed E-state index contributed by atoms with van der Waals surface area (Å²) < 4.78 is 1.85. The largest absolute Gasteiger partial charge is 0.477 e. The van der Waals surface area contributed by atoms with E-state index in [-0.39, 0.29) is 23.0 Å². The van der Waals surface area contributed by atoms with Gasteiger partial charge in [0.1, 0.15) is 9.58 Å². The maximum atomic E-state index is 13.5. The van der Waals surface area contributed by atoms with Crippen molar-refractivity contribution >= 4 is 33.5 Å². The number of hydrogen-bond donors (Lipinski definition) is 2. The van der Waals surface area contributed by atoms with Crippen LogP contribution in [0.5, 0.6) is 0 Å². The van der Waals surface area contributed by atoms with E-state index in [1.54, 1.807) is 19.1 Å². The Morgan fingerprint density at radius 3 is 2.90 bits per heavy atom. The SMILES string of the molecule is Cc1c(C(=O)O)sc2c(=O)n(Cc3ccccc3C#N)c(N3CCC[C@@H](N)C3)nc12. The number of hydrogen-bond acceptors (Lipinski definition) is 7. The Morgan fingerprint density at radius 2 is 2.20 bits per heavy atom. The van der Waals surface area contributed by atoms with Gasteiger partial charge in [-0.3, -0.25) is 9.36 Å². The molecule has 0 saturated carbocycles. The van der Waals surface area contributed by atoms with Gasteiger partial charge in [-0.15, -0.1) is 11.3 Å². The zero-order valence-electron chi connectivity index (χ0n) is 16.5. The molecule has 9 heteroatoms. The first-order chi connectivity index (χ1) is 14.4. The number of rotatable bonds is 4. The van der Waals surface area contributed by atoms with Crippen molar-refractivity contribution in [2.45, 2.75) is 32.4 Å². The van der Waals surface area contributed by atoms with Gasteiger partial charge in [-0.2, -0.15) is 5.26 Å². The lowest BCUT2D eigenvalue weighted by atomic mass is 10.1. The number of aryl methyl sites for hydroxylation is 1. The molecule has 0 spiro atoms. The lowest BCUT2D eigenvalue weighted by Gasteiger charge is -2.33. The summed E-state index contributed by atoms with van der Waals surface area (Å²) in [5.74, 6) is -0.606. The van der Waals surface area contributed by atoms with Crippen molar-refractivity contribution in [3.05, 3.63) is 56.2 Å². The molecular formula is C21H21N5O3S. The topological polar surface area (TPSA) is 125 Å². The number of piperidine rings is 1. The molecule has 0 bridgehead atoms. The first kappa shape index (κ1) is 20.1. The number of carboxylic acids is 1. The summed E-state index contributed by atoms with van der Waals surface area (Å²) in [5.41, 5.74) is 7.96. The van der Waals surface area contributed by atoms with Crippen molar-refractivity contribution in [1.29, 1.82) is 5.26 Å². The highest BCUT2D eigenvalue weighted by Crippen LogP contribution is 2.30. The van der Waals surface area contributed by atoms with Gasteiger partial charge in [-0.1, -0.05) is 18.2 Å². The smallest absolute Gasteiger partial charge is 0.346 e. The number of nitrogens with zero attached hydrogens (tertiary/aromatic N) is 4. The maximum absolute atomic E-state index is 13.5. The van der Waals surface area contributed by atoms with Gasteiger partial charge in [0.2, 0.25) is 5.95 Å². The van der Waals surface area contributed by atoms with E-state index in [1.165, 1.54) is 4.57 Å². The second-order valence-corrected chi connectivity index (χ2v) is 8.48. The first-order valence-electron chi connectivity index (χ1n) is 9.66. The van der Waals surface area contributed by atoms with E-state index < -0.39 is 5.97 Å². The fourth-order valence-corrected chi connectivity index (χ4v) is 4.91. The third-order valence-electron chi connectivity index (χ3n) is 5.41. The molecule has 1 aliphatic rings. The summed E-state index contributed by atoms with van der Waals surface area (Å²) in [6.45, 7) is 3.12. The molecule has 1 aromatic carbocycles. The van der Waals surface area contributed by atoms with E-state index >= 15 is 0 Å². The fourth-order valence-electron chi connectivity index (χ4n) is 3.88. The minimum absolute atomic E-state index is 0.0238. The Balaban J connectivity index is 1.95. The van der Waals surface area contributed by atoms with Crippen LogP contribution in [0.4, 0.5) is 5.95 Å². The molecule has 3 aromatic rings. The number of aromatic carboxylic acids is 1. The average Bonchev–Trinajstić information content (AvgIpc) is 3.07. The molecule has 0 radical (unpaired) electrons. The molecule has 1 fully saturated rings. The quantitative estimate of drug-likeness (QED) is 0.659. The lowest BCUT2D eigenvalue weighted by molar-refractivity contribution is 0.0701. The van der Waals surface area contributed by atoms with E-state index in [4.69, 9.17) is 10.7 Å². The zero-order valence-corrected chi connectivity index (χ0v) is 17.3. The van der Waals surface area contributed by atoms with E-state index in [1.807, 2.05) is 17.0 Å². The van der Waals surface area contributed by atoms with Crippen LogP contribution >= 0.6 is 11.3 Å². The van der Waals surface area contributed by atoms with Crippen molar-refractivity contribution < 1.29 is 9.90 Å². The standard InChI is InChI=1S/C21H21N5O3S/c1-12-16-18(30-17(12)20(28)29)19(27)26(10-14-6-3-2-5-13(14)9-22)21(24-16)25-8-4-7-15(23)11-25/h2-3,5-6,15H,4,7-8,10-11,23H2,1H3,(H,28,29)/t15-/m1/s1. The van der Waals surface area contributed by atoms with Crippen LogP contribution in [0.2, 0.25) is 0 Å². The minimum Gasteiger partial charge on any atom is -0.477 e. The number of aromatic nitrogens is 2. The van der Waals surface area contributed by atoms with Crippen LogP contribution in [-0.2, 0) is 6.54 Å². The molecule has 0 aliphatic carbocycles. The third kappa shape index (κ3) is 3.44. The highest BCUT2D eigenvalue weighted by molar-refractivity contribution is 7.20. The zero-order chi connectivity index (χ0) is 21.4. The molecule has 1 saturated heterocycles. The molecule has 3 N–H and O–H groups in total. The van der Waals surface area contributed by atoms with Crippen LogP contribution in [0.1, 0.15) is 39.2 Å². The van der Waals surface area contributed by atoms with E-state index in [0.717, 1.165) is 24.2 Å². The number of fused-ring (bicyclic) bond motifs is 1. The summed E-state index contributed by atoms with van der Waals surface area (Å²) >= 11 is 0.946. The van der Waals surface area contributed by atoms with Gasteiger partial charge in [0.15, 0.2) is 0 Å². The molecule has 2 aromatic heterocycles. The molecule has 4 rings (SSSR count). The number of nitriles is 1. The van der Waals surface area contributed by atoms with Crippen molar-refractivity contribution in [2.24, 2.45) is 5.73 Å². The van der Waals surface area contributed by atoms with E-state index in [9.17, 15) is 20.0 Å². The van der Waals surface area contributed by atoms with Gasteiger partial charge in [-0.05, 0) is 31.4 Å². The second kappa shape index (κ2) is 7.89. The fraction of sp³-hybridized carbons (Fsp3) is 0.333. The number of nitrogens with two attached hydrogens (primary N) is 1. The first-order valence-corrected chi connectivity index (χ1v) is 10.5. The van der Waals surface area contributed by atoms with Gasteiger partial charge >= 0.3 is 5.97 Å². The highest BCUT2D eigenvalue weighted by Gasteiger charge is 2.26. The van der Waals surface area contributed by atoms with Crippen molar-refractivity contribution in [1.82, 2.24) is 9.55 Å². The van der Waals surface area contributed by atoms with Gasteiger partial charge < -0.3 is 15.7 Å². The van der Waals surface area contributed by atoms with E-state index in [0.29, 0.717) is 45.9 Å². The number of carboxylic acid groups (broad SMARTS) is 1. The predicted octanol–water partition coefficient (Wildman–Crippen LogP) is 2.31. The maximum Gasteiger partial charge on any atom is 0.346 e. The van der Waals surface area contributed by atoms with Crippen LogP contribution in [0.15, 0.2) is 29.1 Å². The van der Waals surface area contributed by atoms with Gasteiger partial charge in [0.25, 0.3) is 5.56 Å². The molecule has 1 aliphatic heterocycles. The number of anilines is 1. The molecule has 0 unspecified atom stereocenters. The Morgan fingerprint density at radius 1 is 1.43 bits per heavy atom. The van der Waals surface area contributed by atoms with Gasteiger partial charge in [0.05, 0.1) is 23.7 Å². The normalized spacial score (nSPS) is 16.6. The molecule has 0 amide bonds. The van der Waals surface area contributed by atoms with Crippen LogP contribution in [0.25, 0.3) is 10.2 Å². The molecule has 8 nitrogen and oxygen atoms in total. The third-order valence-corrected chi connectivity index (χ3v) is 6.67. The van der Waals surface area contributed by atoms with Crippen molar-refractivity contribution in [3.8, 4) is 6.07 Å². The Kier molecular flexibility index (Phi) is 5.28. The van der Waals surface area contributed by atoms with Crippen LogP contribution in [0.3, 0.4) is 0 Å². The van der Waals surface area contributed by atoms with E-state index in [2.05, 4.69) is 6.07 Å². The molecule has 1 atom stereocenters. The highest BCUT2D eigenvalue weighted by atomic mass is 32.1. The van der Waals surface area contributed by atoms with Crippen LogP contribution < -0.4 is 16.2 Å². The summed E-state index contributed by atoms with van der Waals surface area (Å²) in [7, 11) is 0. The lowest BCUT2D eigenvalue weighted by Crippen LogP contribution is -2.45. The summed E-state index contributed by atoms with van der Waals surface area (Å²) in [5, 5.41) is 18.9. The number of thiophene rings is 1. The van der Waals surface area contributed by atoms with Crippen molar-refractivity contribution in [2.75, 3.05) is 18.0 Å². The Bertz CT molecular complexity index is 1240. The average molecular weight is 423 g/mol. The molecule has 154 valence electrons. The van der Waals surface area contributed by atoms with Gasteiger partial charge in [-0.25, -0.2) is 9.78 Å². The predicted molar refractivity (Wildman–Crippen MR) is 115 cm³/mol. The second-order valence-electron chi connectivity index (χ2n) is 7.46. The number of benzene rings is 1. The number of carbonyl (C=O) groups is 1. The molecule has 3 heterocycles. The molecule has 30 heavy (non-hydrogen) atoms. The van der Waals surface area contributed by atoms with Crippen LogP contribution in [0, 0.1) is 18.3 Å². The monoisotopic (exact) mass is 423 g/mol.